The first-order valence-electron chi connectivity index (χ1n) is 5.06. The standard InChI is InChI=1S/C12H11ClN2O2/c1-15-7-10(11(14-15)6-12(16)17)8-3-2-4-9(13)5-8/h2-5,7H,6H2,1H3,(H,16,17). The van der Waals surface area contributed by atoms with Gasteiger partial charge in [0.25, 0.3) is 0 Å². The van der Waals surface area contributed by atoms with Gasteiger partial charge in [-0.05, 0) is 17.7 Å². The van der Waals surface area contributed by atoms with Crippen LogP contribution in [0.5, 0.6) is 0 Å². The molecule has 0 amide bonds. The van der Waals surface area contributed by atoms with Crippen LogP contribution in [0, 0.1) is 0 Å². The molecule has 2 aromatic rings. The highest BCUT2D eigenvalue weighted by atomic mass is 35.5. The number of hydrogen-bond acceptors (Lipinski definition) is 2. The Morgan fingerprint density at radius 3 is 2.94 bits per heavy atom. The van der Waals surface area contributed by atoms with E-state index in [9.17, 15) is 4.79 Å². The third kappa shape index (κ3) is 2.65. The lowest BCUT2D eigenvalue weighted by Gasteiger charge is -2.00. The van der Waals surface area contributed by atoms with E-state index in [4.69, 9.17) is 16.7 Å². The number of benzene rings is 1. The molecule has 2 rings (SSSR count). The van der Waals surface area contributed by atoms with Crippen LogP contribution in [0.4, 0.5) is 0 Å². The molecule has 0 radical (unpaired) electrons. The van der Waals surface area contributed by atoms with Crippen molar-refractivity contribution >= 4 is 17.6 Å². The summed E-state index contributed by atoms with van der Waals surface area (Å²) < 4.78 is 1.61. The number of carboxylic acids is 1. The Morgan fingerprint density at radius 1 is 1.53 bits per heavy atom. The number of aliphatic carboxylic acids is 1. The van der Waals surface area contributed by atoms with Crippen molar-refractivity contribution in [3.63, 3.8) is 0 Å². The van der Waals surface area contributed by atoms with E-state index in [1.54, 1.807) is 30.1 Å². The predicted octanol–water partition coefficient (Wildman–Crippen LogP) is 2.37. The van der Waals surface area contributed by atoms with E-state index in [1.165, 1.54) is 0 Å². The van der Waals surface area contributed by atoms with Crippen LogP contribution >= 0.6 is 11.6 Å². The third-order valence-electron chi connectivity index (χ3n) is 2.36. The van der Waals surface area contributed by atoms with Crippen molar-refractivity contribution < 1.29 is 9.90 Å². The summed E-state index contributed by atoms with van der Waals surface area (Å²) in [6, 6.07) is 7.28. The van der Waals surface area contributed by atoms with Gasteiger partial charge >= 0.3 is 5.97 Å². The van der Waals surface area contributed by atoms with Crippen molar-refractivity contribution in [1.82, 2.24) is 9.78 Å². The van der Waals surface area contributed by atoms with Crippen LogP contribution in [0.3, 0.4) is 0 Å². The minimum absolute atomic E-state index is 0.0946. The number of aryl methyl sites for hydroxylation is 1. The Bertz CT molecular complexity index is 563. The lowest BCUT2D eigenvalue weighted by atomic mass is 10.1. The quantitative estimate of drug-likeness (QED) is 0.910. The molecule has 0 saturated heterocycles. The fourth-order valence-electron chi connectivity index (χ4n) is 1.71. The highest BCUT2D eigenvalue weighted by Crippen LogP contribution is 2.25. The molecule has 0 fully saturated rings. The number of carbonyl (C=O) groups is 1. The van der Waals surface area contributed by atoms with Crippen molar-refractivity contribution in [3.8, 4) is 11.1 Å². The van der Waals surface area contributed by atoms with Crippen molar-refractivity contribution in [2.45, 2.75) is 6.42 Å². The lowest BCUT2D eigenvalue weighted by molar-refractivity contribution is -0.136. The van der Waals surface area contributed by atoms with Gasteiger partial charge in [-0.15, -0.1) is 0 Å². The van der Waals surface area contributed by atoms with Gasteiger partial charge in [0.05, 0.1) is 12.1 Å². The fraction of sp³-hybridized carbons (Fsp3) is 0.167. The monoisotopic (exact) mass is 250 g/mol. The van der Waals surface area contributed by atoms with Gasteiger partial charge in [0, 0.05) is 23.8 Å². The largest absolute Gasteiger partial charge is 0.481 e. The van der Waals surface area contributed by atoms with E-state index in [0.717, 1.165) is 11.1 Å². The first kappa shape index (κ1) is 11.7. The first-order valence-corrected chi connectivity index (χ1v) is 5.44. The molecule has 0 aliphatic rings. The molecule has 5 heteroatoms. The van der Waals surface area contributed by atoms with Gasteiger partial charge in [-0.3, -0.25) is 9.48 Å². The van der Waals surface area contributed by atoms with Crippen molar-refractivity contribution in [1.29, 1.82) is 0 Å². The third-order valence-corrected chi connectivity index (χ3v) is 2.59. The first-order chi connectivity index (χ1) is 8.06. The van der Waals surface area contributed by atoms with Gasteiger partial charge < -0.3 is 5.11 Å². The van der Waals surface area contributed by atoms with Gasteiger partial charge in [0.1, 0.15) is 0 Å². The molecule has 0 bridgehead atoms. The van der Waals surface area contributed by atoms with Crippen molar-refractivity contribution in [2.24, 2.45) is 7.05 Å². The molecule has 1 aromatic heterocycles. The van der Waals surface area contributed by atoms with Crippen LogP contribution < -0.4 is 0 Å². The Kier molecular flexibility index (Phi) is 3.15. The van der Waals surface area contributed by atoms with Crippen LogP contribution in [0.2, 0.25) is 5.02 Å². The highest BCUT2D eigenvalue weighted by Gasteiger charge is 2.13. The lowest BCUT2D eigenvalue weighted by Crippen LogP contribution is -2.02. The van der Waals surface area contributed by atoms with Crippen LogP contribution in [0.15, 0.2) is 30.5 Å². The summed E-state index contributed by atoms with van der Waals surface area (Å²) in [7, 11) is 1.76. The van der Waals surface area contributed by atoms with E-state index in [2.05, 4.69) is 5.10 Å². The molecule has 1 heterocycles. The molecular formula is C12H11ClN2O2. The number of rotatable bonds is 3. The molecule has 0 saturated carbocycles. The average Bonchev–Trinajstić information content (AvgIpc) is 2.58. The summed E-state index contributed by atoms with van der Waals surface area (Å²) in [6.07, 6.45) is 1.70. The summed E-state index contributed by atoms with van der Waals surface area (Å²) in [6.45, 7) is 0. The zero-order valence-electron chi connectivity index (χ0n) is 9.22. The summed E-state index contributed by atoms with van der Waals surface area (Å²) >= 11 is 5.92. The molecule has 1 aromatic carbocycles. The molecule has 0 spiro atoms. The van der Waals surface area contributed by atoms with Crippen LogP contribution in [0.1, 0.15) is 5.69 Å². The Morgan fingerprint density at radius 2 is 2.29 bits per heavy atom. The maximum Gasteiger partial charge on any atom is 0.309 e. The van der Waals surface area contributed by atoms with Gasteiger partial charge in [0.15, 0.2) is 0 Å². The molecule has 0 atom stereocenters. The van der Waals surface area contributed by atoms with E-state index in [-0.39, 0.29) is 6.42 Å². The second-order valence-corrected chi connectivity index (χ2v) is 4.18. The van der Waals surface area contributed by atoms with Crippen LogP contribution in [0.25, 0.3) is 11.1 Å². The number of aromatic nitrogens is 2. The highest BCUT2D eigenvalue weighted by molar-refractivity contribution is 6.30. The Hall–Kier alpha value is -1.81. The predicted molar refractivity (Wildman–Crippen MR) is 65.0 cm³/mol. The zero-order chi connectivity index (χ0) is 12.4. The van der Waals surface area contributed by atoms with Gasteiger partial charge in [-0.1, -0.05) is 23.7 Å². The SMILES string of the molecule is Cn1cc(-c2cccc(Cl)c2)c(CC(=O)O)n1. The number of hydrogen-bond donors (Lipinski definition) is 1. The topological polar surface area (TPSA) is 55.1 Å². The maximum atomic E-state index is 10.8. The molecule has 17 heavy (non-hydrogen) atoms. The number of halogens is 1. The van der Waals surface area contributed by atoms with Gasteiger partial charge in [-0.25, -0.2) is 0 Å². The van der Waals surface area contributed by atoms with Crippen molar-refractivity contribution in [2.75, 3.05) is 0 Å². The molecule has 0 unspecified atom stereocenters. The molecule has 0 aliphatic heterocycles. The van der Waals surface area contributed by atoms with E-state index in [1.807, 2.05) is 12.1 Å². The van der Waals surface area contributed by atoms with Crippen LogP contribution in [-0.2, 0) is 18.3 Å². The zero-order valence-corrected chi connectivity index (χ0v) is 9.98. The maximum absolute atomic E-state index is 10.8. The summed E-state index contributed by atoms with van der Waals surface area (Å²) in [5.74, 6) is -0.896. The minimum atomic E-state index is -0.896. The minimum Gasteiger partial charge on any atom is -0.481 e. The van der Waals surface area contributed by atoms with Crippen LogP contribution in [-0.4, -0.2) is 20.9 Å². The summed E-state index contributed by atoms with van der Waals surface area (Å²) in [5, 5.41) is 13.6. The molecular weight excluding hydrogens is 240 g/mol. The van der Waals surface area contributed by atoms with Crippen molar-refractivity contribution in [3.05, 3.63) is 41.2 Å². The smallest absolute Gasteiger partial charge is 0.309 e. The molecule has 1 N–H and O–H groups in total. The van der Waals surface area contributed by atoms with E-state index < -0.39 is 5.97 Å². The second kappa shape index (κ2) is 4.59. The van der Waals surface area contributed by atoms with E-state index >= 15 is 0 Å². The Balaban J connectivity index is 2.47. The number of nitrogens with zero attached hydrogens (tertiary/aromatic N) is 2. The normalized spacial score (nSPS) is 10.5. The Labute approximate surface area is 103 Å². The summed E-state index contributed by atoms with van der Waals surface area (Å²) in [5.41, 5.74) is 2.22. The van der Waals surface area contributed by atoms with E-state index in [0.29, 0.717) is 10.7 Å². The summed E-state index contributed by atoms with van der Waals surface area (Å²) in [4.78, 5) is 10.8. The molecule has 88 valence electrons. The number of carboxylic acid groups (broad SMARTS) is 1. The molecule has 4 nitrogen and oxygen atoms in total. The van der Waals surface area contributed by atoms with Gasteiger partial charge in [-0.2, -0.15) is 5.10 Å². The molecule has 0 aliphatic carbocycles. The van der Waals surface area contributed by atoms with Gasteiger partial charge in [0.2, 0.25) is 0 Å². The average molecular weight is 251 g/mol. The second-order valence-electron chi connectivity index (χ2n) is 3.74. The fourth-order valence-corrected chi connectivity index (χ4v) is 1.90.